The smallest absolute Gasteiger partial charge is 0.103 e. The number of hydrogen-bond acceptors (Lipinski definition) is 4. The topological polar surface area (TPSA) is 24.9 Å². The van der Waals surface area contributed by atoms with Crippen molar-refractivity contribution in [1.29, 1.82) is 0 Å². The maximum absolute atomic E-state index is 4.89. The molecule has 1 rings (SSSR count). The Labute approximate surface area is 133 Å². The molecule has 0 fully saturated rings. The summed E-state index contributed by atoms with van der Waals surface area (Å²) in [5.41, 5.74) is 1.32. The Morgan fingerprint density at radius 2 is 2.00 bits per heavy atom. The molecule has 0 aliphatic rings. The van der Waals surface area contributed by atoms with Crippen molar-refractivity contribution in [1.82, 2.24) is 10.3 Å². The summed E-state index contributed by atoms with van der Waals surface area (Å²) < 4.78 is 0.310. The van der Waals surface area contributed by atoms with Crippen molar-refractivity contribution >= 4 is 23.1 Å². The van der Waals surface area contributed by atoms with Gasteiger partial charge in [0.1, 0.15) is 5.01 Å². The summed E-state index contributed by atoms with van der Waals surface area (Å²) in [6, 6.07) is 0. The van der Waals surface area contributed by atoms with E-state index in [-0.39, 0.29) is 0 Å². The predicted octanol–water partition coefficient (Wildman–Crippen LogP) is 4.87. The van der Waals surface area contributed by atoms with Crippen LogP contribution in [0.1, 0.15) is 63.5 Å². The molecular formula is C16H30N2S2. The largest absolute Gasteiger partial charge is 0.312 e. The molecular weight excluding hydrogens is 284 g/mol. The molecule has 0 aliphatic carbocycles. The van der Waals surface area contributed by atoms with Gasteiger partial charge in [-0.25, -0.2) is 4.98 Å². The average molecular weight is 315 g/mol. The van der Waals surface area contributed by atoms with Gasteiger partial charge in [-0.15, -0.1) is 23.1 Å². The molecule has 0 atom stereocenters. The number of nitrogens with one attached hydrogen (secondary N) is 1. The van der Waals surface area contributed by atoms with Gasteiger partial charge in [-0.3, -0.25) is 0 Å². The monoisotopic (exact) mass is 314 g/mol. The van der Waals surface area contributed by atoms with Crippen LogP contribution in [0.5, 0.6) is 0 Å². The minimum absolute atomic E-state index is 0.310. The van der Waals surface area contributed by atoms with E-state index < -0.39 is 0 Å². The number of thiazole rings is 1. The van der Waals surface area contributed by atoms with Crippen LogP contribution < -0.4 is 5.32 Å². The number of rotatable bonds is 8. The van der Waals surface area contributed by atoms with Crippen LogP contribution in [0, 0.1) is 5.92 Å². The summed E-state index contributed by atoms with van der Waals surface area (Å²) in [5, 5.41) is 4.80. The van der Waals surface area contributed by atoms with E-state index in [1.54, 1.807) is 0 Å². The van der Waals surface area contributed by atoms with Gasteiger partial charge in [-0.1, -0.05) is 41.5 Å². The van der Waals surface area contributed by atoms with Crippen molar-refractivity contribution < 1.29 is 0 Å². The highest BCUT2D eigenvalue weighted by Crippen LogP contribution is 2.30. The highest BCUT2D eigenvalue weighted by molar-refractivity contribution is 7.99. The normalized spacial score (nSPS) is 12.3. The molecule has 0 aromatic carbocycles. The van der Waals surface area contributed by atoms with E-state index in [9.17, 15) is 0 Å². The highest BCUT2D eigenvalue weighted by Gasteiger charge is 2.15. The van der Waals surface area contributed by atoms with Gasteiger partial charge in [0.15, 0.2) is 0 Å². The average Bonchev–Trinajstić information content (AvgIpc) is 2.68. The second-order valence-corrected chi connectivity index (χ2v) is 9.62. The van der Waals surface area contributed by atoms with Crippen LogP contribution in [0.15, 0.2) is 0 Å². The fourth-order valence-corrected chi connectivity index (χ4v) is 3.73. The molecule has 20 heavy (non-hydrogen) atoms. The first-order chi connectivity index (χ1) is 9.31. The van der Waals surface area contributed by atoms with Gasteiger partial charge in [-0.2, -0.15) is 0 Å². The highest BCUT2D eigenvalue weighted by atomic mass is 32.2. The number of thioether (sulfide) groups is 1. The van der Waals surface area contributed by atoms with Crippen LogP contribution in [-0.2, 0) is 18.7 Å². The maximum Gasteiger partial charge on any atom is 0.103 e. The Balaban J connectivity index is 2.71. The molecule has 4 heteroatoms. The van der Waals surface area contributed by atoms with Crippen molar-refractivity contribution in [3.05, 3.63) is 15.6 Å². The number of aromatic nitrogens is 1. The fraction of sp³-hybridized carbons (Fsp3) is 0.812. The van der Waals surface area contributed by atoms with Crippen LogP contribution in [-0.4, -0.2) is 16.3 Å². The lowest BCUT2D eigenvalue weighted by Crippen LogP contribution is -2.14. The van der Waals surface area contributed by atoms with Crippen molar-refractivity contribution in [3.63, 3.8) is 0 Å². The molecule has 2 nitrogen and oxygen atoms in total. The summed E-state index contributed by atoms with van der Waals surface area (Å²) in [7, 11) is 0. The Kier molecular flexibility index (Phi) is 7.56. The lowest BCUT2D eigenvalue weighted by molar-refractivity contribution is 0.622. The van der Waals surface area contributed by atoms with Crippen molar-refractivity contribution in [2.24, 2.45) is 5.92 Å². The predicted molar refractivity (Wildman–Crippen MR) is 93.7 cm³/mol. The van der Waals surface area contributed by atoms with Gasteiger partial charge in [0.25, 0.3) is 0 Å². The summed E-state index contributed by atoms with van der Waals surface area (Å²) in [4.78, 5) is 6.33. The minimum Gasteiger partial charge on any atom is -0.312 e. The molecule has 1 aromatic heterocycles. The Bertz CT molecular complexity index is 392. The molecule has 1 aromatic rings. The van der Waals surface area contributed by atoms with E-state index in [1.807, 2.05) is 23.1 Å². The fourth-order valence-electron chi connectivity index (χ4n) is 1.84. The van der Waals surface area contributed by atoms with Crippen LogP contribution in [0.2, 0.25) is 0 Å². The second-order valence-electron chi connectivity index (χ2n) is 6.65. The Morgan fingerprint density at radius 1 is 1.30 bits per heavy atom. The lowest BCUT2D eigenvalue weighted by atomic mass is 10.1. The first kappa shape index (κ1) is 18.0. The molecule has 116 valence electrons. The van der Waals surface area contributed by atoms with Gasteiger partial charge in [-0.05, 0) is 25.3 Å². The molecule has 0 bridgehead atoms. The van der Waals surface area contributed by atoms with E-state index in [2.05, 4.69) is 46.9 Å². The molecule has 0 spiro atoms. The van der Waals surface area contributed by atoms with Gasteiger partial charge in [0.05, 0.1) is 5.69 Å². The van der Waals surface area contributed by atoms with Crippen LogP contribution in [0.3, 0.4) is 0 Å². The summed E-state index contributed by atoms with van der Waals surface area (Å²) >= 11 is 3.88. The van der Waals surface area contributed by atoms with E-state index in [4.69, 9.17) is 4.98 Å². The first-order valence-electron chi connectivity index (χ1n) is 7.64. The standard InChI is InChI=1S/C16H30N2S2/c1-7-8-17-10-14-13(9-12(2)3)18-15(20-14)11-19-16(4,5)6/h12,17H,7-11H2,1-6H3. The lowest BCUT2D eigenvalue weighted by Gasteiger charge is -2.16. The van der Waals surface area contributed by atoms with Crippen LogP contribution in [0.4, 0.5) is 0 Å². The minimum atomic E-state index is 0.310. The van der Waals surface area contributed by atoms with Gasteiger partial charge in [0.2, 0.25) is 0 Å². The molecule has 0 aliphatic heterocycles. The SMILES string of the molecule is CCCNCc1sc(CSC(C)(C)C)nc1CC(C)C. The van der Waals surface area contributed by atoms with E-state index in [0.29, 0.717) is 10.7 Å². The zero-order valence-corrected chi connectivity index (χ0v) is 15.5. The quantitative estimate of drug-likeness (QED) is 0.693. The Morgan fingerprint density at radius 3 is 2.55 bits per heavy atom. The summed E-state index contributed by atoms with van der Waals surface area (Å²) in [6.07, 6.45) is 2.28. The van der Waals surface area contributed by atoms with E-state index >= 15 is 0 Å². The van der Waals surface area contributed by atoms with Crippen LogP contribution in [0.25, 0.3) is 0 Å². The van der Waals surface area contributed by atoms with Crippen molar-refractivity contribution in [2.75, 3.05) is 6.54 Å². The van der Waals surface area contributed by atoms with Gasteiger partial charge >= 0.3 is 0 Å². The second kappa shape index (κ2) is 8.40. The third kappa shape index (κ3) is 7.09. The van der Waals surface area contributed by atoms with Gasteiger partial charge in [0, 0.05) is 21.9 Å². The third-order valence-electron chi connectivity index (χ3n) is 2.77. The zero-order chi connectivity index (χ0) is 15.2. The summed E-state index contributed by atoms with van der Waals surface area (Å²) in [5.74, 6) is 1.71. The molecule has 1 N–H and O–H groups in total. The summed E-state index contributed by atoms with van der Waals surface area (Å²) in [6.45, 7) is 15.6. The molecule has 0 amide bonds. The van der Waals surface area contributed by atoms with E-state index in [0.717, 1.165) is 25.3 Å². The molecule has 1 heterocycles. The van der Waals surface area contributed by atoms with Crippen molar-refractivity contribution in [2.45, 2.75) is 71.4 Å². The zero-order valence-electron chi connectivity index (χ0n) is 13.9. The Hall–Kier alpha value is -0.0600. The molecule has 0 radical (unpaired) electrons. The first-order valence-corrected chi connectivity index (χ1v) is 9.44. The van der Waals surface area contributed by atoms with Gasteiger partial charge < -0.3 is 5.32 Å². The third-order valence-corrected chi connectivity index (χ3v) is 5.33. The molecule has 0 saturated heterocycles. The maximum atomic E-state index is 4.89. The molecule has 0 saturated carbocycles. The van der Waals surface area contributed by atoms with Crippen molar-refractivity contribution in [3.8, 4) is 0 Å². The van der Waals surface area contributed by atoms with E-state index in [1.165, 1.54) is 22.0 Å². The van der Waals surface area contributed by atoms with Crippen LogP contribution >= 0.6 is 23.1 Å². The number of hydrogen-bond donors (Lipinski definition) is 1. The number of nitrogens with zero attached hydrogens (tertiary/aromatic N) is 1. The molecule has 0 unspecified atom stereocenters.